The van der Waals surface area contributed by atoms with Crippen LogP contribution >= 0.6 is 0 Å². The SMILES string of the molecule is CC(C)CC(NC(=O)C(N)CCCN=C(N)N)C(=O)NC(C)C(=O)NC(CCCCN)C(=O)O. The van der Waals surface area contributed by atoms with Crippen LogP contribution in [0.2, 0.25) is 0 Å². The van der Waals surface area contributed by atoms with Gasteiger partial charge in [-0.25, -0.2) is 4.79 Å². The molecule has 4 unspecified atom stereocenters. The molecule has 34 heavy (non-hydrogen) atoms. The average Bonchev–Trinajstić information content (AvgIpc) is 2.74. The molecule has 196 valence electrons. The van der Waals surface area contributed by atoms with Gasteiger partial charge in [-0.15, -0.1) is 0 Å². The van der Waals surface area contributed by atoms with Crippen LogP contribution in [0.25, 0.3) is 0 Å². The Morgan fingerprint density at radius 1 is 0.853 bits per heavy atom. The number of carbonyl (C=O) groups is 4. The van der Waals surface area contributed by atoms with Crippen molar-refractivity contribution in [2.24, 2.45) is 33.8 Å². The van der Waals surface area contributed by atoms with Crippen molar-refractivity contribution < 1.29 is 24.3 Å². The number of rotatable bonds is 17. The molecule has 0 aliphatic rings. The number of carboxylic acid groups (broad SMARTS) is 1. The zero-order valence-corrected chi connectivity index (χ0v) is 20.4. The lowest BCUT2D eigenvalue weighted by Gasteiger charge is -2.24. The number of aliphatic carboxylic acids is 1. The number of guanidine groups is 1. The maximum atomic E-state index is 12.8. The second kappa shape index (κ2) is 16.6. The van der Waals surface area contributed by atoms with E-state index >= 15 is 0 Å². The first-order valence-corrected chi connectivity index (χ1v) is 11.5. The van der Waals surface area contributed by atoms with Gasteiger partial charge in [0, 0.05) is 6.54 Å². The number of amides is 3. The standard InChI is InChI=1S/C21H42N8O5/c1-12(2)11-16(29-18(31)14(23)7-6-10-26-21(24)25)19(32)27-13(3)17(30)28-15(20(33)34)8-4-5-9-22/h12-16H,4-11,22-23H2,1-3H3,(H,27,32)(H,28,30)(H,29,31)(H,33,34)(H4,24,25,26). The van der Waals surface area contributed by atoms with Crippen LogP contribution in [0, 0.1) is 5.92 Å². The Kier molecular flexibility index (Phi) is 15.2. The maximum absolute atomic E-state index is 12.8. The first kappa shape index (κ1) is 31.1. The molecule has 4 atom stereocenters. The highest BCUT2D eigenvalue weighted by Gasteiger charge is 2.28. The molecule has 3 amide bonds. The minimum Gasteiger partial charge on any atom is -0.480 e. The van der Waals surface area contributed by atoms with Crippen molar-refractivity contribution >= 4 is 29.7 Å². The number of nitrogens with one attached hydrogen (secondary N) is 3. The molecule has 0 rings (SSSR count). The number of aliphatic imine (C=N–C) groups is 1. The largest absolute Gasteiger partial charge is 0.480 e. The van der Waals surface area contributed by atoms with Gasteiger partial charge in [0.05, 0.1) is 6.04 Å². The van der Waals surface area contributed by atoms with Crippen molar-refractivity contribution in [2.45, 2.75) is 83.5 Å². The molecule has 0 aromatic rings. The molecule has 0 saturated carbocycles. The van der Waals surface area contributed by atoms with E-state index in [1.54, 1.807) is 0 Å². The highest BCUT2D eigenvalue weighted by molar-refractivity contribution is 5.93. The van der Waals surface area contributed by atoms with Crippen LogP contribution in [0.1, 0.15) is 59.3 Å². The fourth-order valence-electron chi connectivity index (χ4n) is 3.06. The van der Waals surface area contributed by atoms with Crippen LogP contribution in [0.5, 0.6) is 0 Å². The van der Waals surface area contributed by atoms with E-state index < -0.39 is 47.9 Å². The summed E-state index contributed by atoms with van der Waals surface area (Å²) in [4.78, 5) is 52.9. The van der Waals surface area contributed by atoms with Crippen molar-refractivity contribution in [2.75, 3.05) is 13.1 Å². The van der Waals surface area contributed by atoms with Crippen molar-refractivity contribution in [1.29, 1.82) is 0 Å². The van der Waals surface area contributed by atoms with E-state index in [4.69, 9.17) is 22.9 Å². The molecule has 0 aromatic heterocycles. The lowest BCUT2D eigenvalue weighted by atomic mass is 10.0. The zero-order chi connectivity index (χ0) is 26.3. The molecular formula is C21H42N8O5. The van der Waals surface area contributed by atoms with E-state index in [1.165, 1.54) is 6.92 Å². The number of carbonyl (C=O) groups excluding carboxylic acids is 3. The highest BCUT2D eigenvalue weighted by Crippen LogP contribution is 2.07. The molecule has 0 aromatic carbocycles. The first-order chi connectivity index (χ1) is 15.9. The molecule has 12 N–H and O–H groups in total. The van der Waals surface area contributed by atoms with Crippen molar-refractivity contribution in [1.82, 2.24) is 16.0 Å². The van der Waals surface area contributed by atoms with Crippen LogP contribution in [-0.2, 0) is 19.2 Å². The predicted molar refractivity (Wildman–Crippen MR) is 129 cm³/mol. The molecule has 0 aliphatic heterocycles. The van der Waals surface area contributed by atoms with Gasteiger partial charge in [0.15, 0.2) is 5.96 Å². The Morgan fingerprint density at radius 2 is 1.47 bits per heavy atom. The number of unbranched alkanes of at least 4 members (excludes halogenated alkanes) is 1. The fourth-order valence-corrected chi connectivity index (χ4v) is 3.06. The van der Waals surface area contributed by atoms with Gasteiger partial charge in [0.1, 0.15) is 18.1 Å². The Bertz CT molecular complexity index is 697. The summed E-state index contributed by atoms with van der Waals surface area (Å²) in [5.74, 6) is -2.85. The van der Waals surface area contributed by atoms with E-state index in [2.05, 4.69) is 20.9 Å². The number of nitrogens with two attached hydrogens (primary N) is 4. The highest BCUT2D eigenvalue weighted by atomic mass is 16.4. The smallest absolute Gasteiger partial charge is 0.326 e. The van der Waals surface area contributed by atoms with Gasteiger partial charge in [-0.05, 0) is 57.9 Å². The summed E-state index contributed by atoms with van der Waals surface area (Å²) < 4.78 is 0. The molecule has 0 bridgehead atoms. The molecule has 0 aliphatic carbocycles. The fraction of sp³-hybridized carbons (Fsp3) is 0.762. The minimum absolute atomic E-state index is 0.0462. The third-order valence-corrected chi connectivity index (χ3v) is 4.96. The summed E-state index contributed by atoms with van der Waals surface area (Å²) in [6.07, 6.45) is 2.54. The van der Waals surface area contributed by atoms with Gasteiger partial charge in [0.2, 0.25) is 17.7 Å². The van der Waals surface area contributed by atoms with E-state index in [-0.39, 0.29) is 18.3 Å². The van der Waals surface area contributed by atoms with Crippen LogP contribution in [0.15, 0.2) is 4.99 Å². The average molecular weight is 487 g/mol. The Hall–Kier alpha value is -2.93. The molecule has 13 heteroatoms. The van der Waals surface area contributed by atoms with Crippen molar-refractivity contribution in [3.63, 3.8) is 0 Å². The summed E-state index contributed by atoms with van der Waals surface area (Å²) in [5, 5.41) is 16.9. The normalized spacial score (nSPS) is 14.4. The topological polar surface area (TPSA) is 241 Å². The monoisotopic (exact) mass is 486 g/mol. The minimum atomic E-state index is -1.16. The summed E-state index contributed by atoms with van der Waals surface area (Å²) in [6, 6.07) is -3.86. The third-order valence-electron chi connectivity index (χ3n) is 4.96. The second-order valence-corrected chi connectivity index (χ2v) is 8.66. The van der Waals surface area contributed by atoms with E-state index in [0.29, 0.717) is 45.2 Å². The van der Waals surface area contributed by atoms with Gasteiger partial charge >= 0.3 is 5.97 Å². The summed E-state index contributed by atoms with van der Waals surface area (Å²) in [7, 11) is 0. The van der Waals surface area contributed by atoms with E-state index in [1.807, 2.05) is 13.8 Å². The van der Waals surface area contributed by atoms with Crippen molar-refractivity contribution in [3.05, 3.63) is 0 Å². The number of nitrogens with zero attached hydrogens (tertiary/aromatic N) is 1. The molecular weight excluding hydrogens is 444 g/mol. The van der Waals surface area contributed by atoms with E-state index in [9.17, 15) is 24.3 Å². The maximum Gasteiger partial charge on any atom is 0.326 e. The summed E-state index contributed by atoms with van der Waals surface area (Å²) in [5.41, 5.74) is 21.8. The van der Waals surface area contributed by atoms with E-state index in [0.717, 1.165) is 0 Å². The first-order valence-electron chi connectivity index (χ1n) is 11.5. The second-order valence-electron chi connectivity index (χ2n) is 8.66. The van der Waals surface area contributed by atoms with Gasteiger partial charge in [-0.2, -0.15) is 0 Å². The number of hydrogen-bond acceptors (Lipinski definition) is 7. The Balaban J connectivity index is 4.96. The number of hydrogen-bond donors (Lipinski definition) is 8. The van der Waals surface area contributed by atoms with Crippen LogP contribution in [-0.4, -0.2) is 72.0 Å². The molecule has 0 radical (unpaired) electrons. The quantitative estimate of drug-likeness (QED) is 0.0649. The zero-order valence-electron chi connectivity index (χ0n) is 20.4. The Morgan fingerprint density at radius 3 is 2.00 bits per heavy atom. The molecule has 0 saturated heterocycles. The van der Waals surface area contributed by atoms with Crippen LogP contribution in [0.4, 0.5) is 0 Å². The van der Waals surface area contributed by atoms with Gasteiger partial charge < -0.3 is 44.0 Å². The lowest BCUT2D eigenvalue weighted by molar-refractivity contribution is -0.142. The number of carboxylic acids is 1. The predicted octanol–water partition coefficient (Wildman–Crippen LogP) is -1.90. The Labute approximate surface area is 200 Å². The lowest BCUT2D eigenvalue weighted by Crippen LogP contribution is -2.56. The van der Waals surface area contributed by atoms with Crippen LogP contribution in [0.3, 0.4) is 0 Å². The summed E-state index contributed by atoms with van der Waals surface area (Å²) in [6.45, 7) is 5.97. The molecule has 13 nitrogen and oxygen atoms in total. The molecule has 0 fully saturated rings. The van der Waals surface area contributed by atoms with Gasteiger partial charge in [-0.3, -0.25) is 19.4 Å². The molecule has 0 heterocycles. The summed E-state index contributed by atoms with van der Waals surface area (Å²) >= 11 is 0. The van der Waals surface area contributed by atoms with Gasteiger partial charge in [0.25, 0.3) is 0 Å². The molecule has 0 spiro atoms. The van der Waals surface area contributed by atoms with Crippen molar-refractivity contribution in [3.8, 4) is 0 Å². The van der Waals surface area contributed by atoms with Gasteiger partial charge in [-0.1, -0.05) is 13.8 Å². The third kappa shape index (κ3) is 13.6. The van der Waals surface area contributed by atoms with Crippen LogP contribution < -0.4 is 38.9 Å².